The molecular weight excluding hydrogens is 331 g/mol. The van der Waals surface area contributed by atoms with Crippen LogP contribution in [0.3, 0.4) is 0 Å². The number of hydrogen-bond acceptors (Lipinski definition) is 4. The van der Waals surface area contributed by atoms with Gasteiger partial charge in [0.25, 0.3) is 0 Å². The molecule has 0 saturated heterocycles. The number of amides is 1. The van der Waals surface area contributed by atoms with Gasteiger partial charge in [0.15, 0.2) is 0 Å². The van der Waals surface area contributed by atoms with E-state index in [0.29, 0.717) is 27.8 Å². The molecule has 0 saturated carbocycles. The van der Waals surface area contributed by atoms with Crippen LogP contribution in [0.5, 0.6) is 0 Å². The summed E-state index contributed by atoms with van der Waals surface area (Å²) in [4.78, 5) is 11.8. The van der Waals surface area contributed by atoms with E-state index in [1.165, 1.54) is 0 Å². The average Bonchev–Trinajstić information content (AvgIpc) is 2.42. The second-order valence-electron chi connectivity index (χ2n) is 4.46. The van der Waals surface area contributed by atoms with Crippen molar-refractivity contribution in [2.75, 3.05) is 36.3 Å². The Kier molecular flexibility index (Phi) is 8.92. The van der Waals surface area contributed by atoms with E-state index in [2.05, 4.69) is 5.32 Å². The predicted octanol–water partition coefficient (Wildman–Crippen LogP) is 4.06. The number of carbonyl (C=O) groups excluding carboxylic acids is 1. The summed E-state index contributed by atoms with van der Waals surface area (Å²) in [6.07, 6.45) is 2.29. The minimum absolute atomic E-state index is 0.0941. The molecule has 0 atom stereocenters. The van der Waals surface area contributed by atoms with E-state index in [1.807, 2.05) is 11.8 Å². The van der Waals surface area contributed by atoms with Crippen LogP contribution in [0.1, 0.15) is 19.3 Å². The van der Waals surface area contributed by atoms with Gasteiger partial charge >= 0.3 is 0 Å². The van der Waals surface area contributed by atoms with Gasteiger partial charge in [-0.1, -0.05) is 23.2 Å². The maximum absolute atomic E-state index is 11.8. The second kappa shape index (κ2) is 10.2. The van der Waals surface area contributed by atoms with Gasteiger partial charge in [0.2, 0.25) is 5.91 Å². The van der Waals surface area contributed by atoms with Gasteiger partial charge in [-0.3, -0.25) is 4.79 Å². The summed E-state index contributed by atoms with van der Waals surface area (Å²) >= 11 is 13.7. The van der Waals surface area contributed by atoms with Crippen LogP contribution in [0.25, 0.3) is 0 Å². The van der Waals surface area contributed by atoms with E-state index >= 15 is 0 Å². The quantitative estimate of drug-likeness (QED) is 0.520. The van der Waals surface area contributed by atoms with Crippen LogP contribution in [0, 0.1) is 0 Å². The molecule has 118 valence electrons. The largest absolute Gasteiger partial charge is 0.397 e. The molecule has 0 aromatic heterocycles. The van der Waals surface area contributed by atoms with Gasteiger partial charge < -0.3 is 15.8 Å². The Morgan fingerprint density at radius 2 is 2.05 bits per heavy atom. The molecular formula is C14H20Cl2N2O2S. The first-order chi connectivity index (χ1) is 10.0. The molecule has 0 aliphatic heterocycles. The molecule has 0 spiro atoms. The topological polar surface area (TPSA) is 64.3 Å². The number of halogens is 2. The number of thioether (sulfide) groups is 1. The van der Waals surface area contributed by atoms with Crippen molar-refractivity contribution >= 4 is 52.2 Å². The monoisotopic (exact) mass is 350 g/mol. The zero-order valence-electron chi connectivity index (χ0n) is 12.0. The van der Waals surface area contributed by atoms with E-state index in [1.54, 1.807) is 19.2 Å². The van der Waals surface area contributed by atoms with E-state index < -0.39 is 0 Å². The molecule has 4 nitrogen and oxygen atoms in total. The van der Waals surface area contributed by atoms with Crippen molar-refractivity contribution in [2.45, 2.75) is 19.3 Å². The Balaban J connectivity index is 2.28. The van der Waals surface area contributed by atoms with Crippen molar-refractivity contribution < 1.29 is 9.53 Å². The summed E-state index contributed by atoms with van der Waals surface area (Å²) in [6, 6.07) is 3.12. The summed E-state index contributed by atoms with van der Waals surface area (Å²) in [7, 11) is 1.70. The smallest absolute Gasteiger partial charge is 0.224 e. The van der Waals surface area contributed by atoms with Gasteiger partial charge in [-0.15, -0.1) is 0 Å². The molecule has 1 aromatic rings. The van der Waals surface area contributed by atoms with Crippen molar-refractivity contribution in [3.8, 4) is 0 Å². The number of nitrogen functional groups attached to an aromatic ring is 1. The molecule has 1 aromatic carbocycles. The Hall–Kier alpha value is -0.620. The van der Waals surface area contributed by atoms with Crippen LogP contribution in [-0.4, -0.2) is 31.1 Å². The van der Waals surface area contributed by atoms with E-state index in [0.717, 1.165) is 31.0 Å². The number of methoxy groups -OCH3 is 1. The molecule has 0 unspecified atom stereocenters. The van der Waals surface area contributed by atoms with E-state index in [9.17, 15) is 4.79 Å². The van der Waals surface area contributed by atoms with Crippen molar-refractivity contribution in [2.24, 2.45) is 0 Å². The lowest BCUT2D eigenvalue weighted by Gasteiger charge is -2.10. The number of rotatable bonds is 9. The first-order valence-electron chi connectivity index (χ1n) is 6.65. The molecule has 0 heterocycles. The van der Waals surface area contributed by atoms with Crippen LogP contribution in [0.15, 0.2) is 12.1 Å². The highest BCUT2D eigenvalue weighted by molar-refractivity contribution is 7.99. The van der Waals surface area contributed by atoms with Crippen LogP contribution in [0.2, 0.25) is 10.0 Å². The molecule has 0 bridgehead atoms. The van der Waals surface area contributed by atoms with Crippen molar-refractivity contribution in [3.05, 3.63) is 22.2 Å². The molecule has 7 heteroatoms. The summed E-state index contributed by atoms with van der Waals surface area (Å²) in [5.41, 5.74) is 6.59. The Morgan fingerprint density at radius 3 is 2.71 bits per heavy atom. The highest BCUT2D eigenvalue weighted by atomic mass is 35.5. The molecule has 1 rings (SSSR count). The highest BCUT2D eigenvalue weighted by Crippen LogP contribution is 2.32. The fourth-order valence-corrected chi connectivity index (χ4v) is 3.10. The highest BCUT2D eigenvalue weighted by Gasteiger charge is 2.10. The molecule has 0 radical (unpaired) electrons. The second-order valence-corrected chi connectivity index (χ2v) is 6.53. The zero-order valence-corrected chi connectivity index (χ0v) is 14.3. The van der Waals surface area contributed by atoms with Crippen LogP contribution < -0.4 is 11.1 Å². The maximum atomic E-state index is 11.8. The number of anilines is 2. The summed E-state index contributed by atoms with van der Waals surface area (Å²) in [5.74, 6) is 1.90. The van der Waals surface area contributed by atoms with Gasteiger partial charge in [-0.05, 0) is 36.5 Å². The number of hydrogen-bond donors (Lipinski definition) is 2. The number of benzene rings is 1. The molecule has 3 N–H and O–H groups in total. The Bertz CT molecular complexity index is 449. The first kappa shape index (κ1) is 18.4. The lowest BCUT2D eigenvalue weighted by molar-refractivity contribution is -0.116. The normalized spacial score (nSPS) is 10.6. The van der Waals surface area contributed by atoms with Gasteiger partial charge in [0.05, 0.1) is 16.4 Å². The lowest BCUT2D eigenvalue weighted by Crippen LogP contribution is -2.13. The maximum Gasteiger partial charge on any atom is 0.224 e. The fourth-order valence-electron chi connectivity index (χ4n) is 1.67. The molecule has 0 aliphatic rings. The first-order valence-corrected chi connectivity index (χ1v) is 8.56. The van der Waals surface area contributed by atoms with E-state index in [4.69, 9.17) is 33.7 Å². The minimum atomic E-state index is -0.0941. The van der Waals surface area contributed by atoms with Crippen molar-refractivity contribution in [1.82, 2.24) is 0 Å². The van der Waals surface area contributed by atoms with Crippen LogP contribution in [-0.2, 0) is 9.53 Å². The molecule has 0 aliphatic carbocycles. The predicted molar refractivity (Wildman–Crippen MR) is 92.6 cm³/mol. The fraction of sp³-hybridized carbons (Fsp3) is 0.500. The third kappa shape index (κ3) is 7.27. The third-order valence-electron chi connectivity index (χ3n) is 2.68. The number of ether oxygens (including phenoxy) is 1. The Labute approximate surface area is 139 Å². The number of nitrogens with two attached hydrogens (primary N) is 1. The molecule has 21 heavy (non-hydrogen) atoms. The summed E-state index contributed by atoms with van der Waals surface area (Å²) in [6.45, 7) is 0.780. The standard InChI is InChI=1S/C14H20Cl2N2O2S/c1-20-5-3-7-21-6-2-4-13(19)18-14-11(16)8-10(15)9-12(14)17/h8-9H,2-7,17H2,1H3,(H,18,19). The zero-order chi connectivity index (χ0) is 15.7. The van der Waals surface area contributed by atoms with Crippen molar-refractivity contribution in [1.29, 1.82) is 0 Å². The van der Waals surface area contributed by atoms with Gasteiger partial charge in [0, 0.05) is 25.2 Å². The number of nitrogens with one attached hydrogen (secondary N) is 1. The van der Waals surface area contributed by atoms with Gasteiger partial charge in [-0.25, -0.2) is 0 Å². The Morgan fingerprint density at radius 1 is 1.33 bits per heavy atom. The van der Waals surface area contributed by atoms with Crippen LogP contribution >= 0.6 is 35.0 Å². The third-order valence-corrected chi connectivity index (χ3v) is 4.35. The average molecular weight is 351 g/mol. The minimum Gasteiger partial charge on any atom is -0.397 e. The SMILES string of the molecule is COCCCSCCCC(=O)Nc1c(N)cc(Cl)cc1Cl. The molecule has 0 fully saturated rings. The summed E-state index contributed by atoms with van der Waals surface area (Å²) in [5, 5.41) is 3.53. The van der Waals surface area contributed by atoms with Crippen molar-refractivity contribution in [3.63, 3.8) is 0 Å². The van der Waals surface area contributed by atoms with E-state index in [-0.39, 0.29) is 5.91 Å². The lowest BCUT2D eigenvalue weighted by atomic mass is 10.2. The van der Waals surface area contributed by atoms with Gasteiger partial charge in [0.1, 0.15) is 0 Å². The van der Waals surface area contributed by atoms with Gasteiger partial charge in [-0.2, -0.15) is 11.8 Å². The number of carbonyl (C=O) groups is 1. The summed E-state index contributed by atoms with van der Waals surface area (Å²) < 4.78 is 4.97. The molecule has 1 amide bonds. The van der Waals surface area contributed by atoms with Crippen LogP contribution in [0.4, 0.5) is 11.4 Å².